The minimum atomic E-state index is 0.227. The molecule has 0 amide bonds. The van der Waals surface area contributed by atoms with Crippen molar-refractivity contribution < 1.29 is 9.47 Å². The summed E-state index contributed by atoms with van der Waals surface area (Å²) < 4.78 is 10.9. The zero-order valence-electron chi connectivity index (χ0n) is 8.43. The van der Waals surface area contributed by atoms with E-state index in [1.54, 1.807) is 0 Å². The number of ether oxygens (including phenoxy) is 2. The van der Waals surface area contributed by atoms with Crippen LogP contribution in [-0.2, 0) is 0 Å². The van der Waals surface area contributed by atoms with E-state index >= 15 is 0 Å². The molecule has 0 radical (unpaired) electrons. The van der Waals surface area contributed by atoms with Crippen LogP contribution in [0.1, 0.15) is 0 Å². The van der Waals surface area contributed by atoms with Gasteiger partial charge in [0.1, 0.15) is 13.2 Å². The Hall–Kier alpha value is -2.24. The number of nitrogen functional groups attached to an aromatic ring is 1. The fourth-order valence-corrected chi connectivity index (χ4v) is 1.59. The summed E-state index contributed by atoms with van der Waals surface area (Å²) in [5, 5.41) is 6.52. The maximum Gasteiger partial charge on any atom is 0.239 e. The van der Waals surface area contributed by atoms with Gasteiger partial charge in [-0.1, -0.05) is 0 Å². The highest BCUT2D eigenvalue weighted by atomic mass is 16.6. The molecule has 1 aliphatic heterocycles. The fourth-order valence-electron chi connectivity index (χ4n) is 1.59. The van der Waals surface area contributed by atoms with Crippen molar-refractivity contribution in [1.29, 1.82) is 0 Å². The highest BCUT2D eigenvalue weighted by molar-refractivity contribution is 5.61. The molecule has 0 saturated heterocycles. The Morgan fingerprint density at radius 2 is 2.00 bits per heavy atom. The van der Waals surface area contributed by atoms with Gasteiger partial charge in [0.25, 0.3) is 0 Å². The van der Waals surface area contributed by atoms with Crippen molar-refractivity contribution in [3.8, 4) is 22.9 Å². The smallest absolute Gasteiger partial charge is 0.239 e. The van der Waals surface area contributed by atoms with E-state index in [-0.39, 0.29) is 5.95 Å². The third-order valence-corrected chi connectivity index (χ3v) is 2.32. The molecule has 0 aliphatic carbocycles. The van der Waals surface area contributed by atoms with E-state index in [1.165, 1.54) is 0 Å². The Bertz CT molecular complexity index is 523. The van der Waals surface area contributed by atoms with Gasteiger partial charge in [-0.2, -0.15) is 4.98 Å². The number of hydrogen-bond acceptors (Lipinski definition) is 5. The number of nitrogens with one attached hydrogen (secondary N) is 1. The van der Waals surface area contributed by atoms with Crippen LogP contribution in [0.15, 0.2) is 18.2 Å². The zero-order valence-corrected chi connectivity index (χ0v) is 8.43. The van der Waals surface area contributed by atoms with E-state index in [2.05, 4.69) is 15.2 Å². The molecular weight excluding hydrogens is 208 g/mol. The molecule has 82 valence electrons. The van der Waals surface area contributed by atoms with Crippen molar-refractivity contribution >= 4 is 5.95 Å². The van der Waals surface area contributed by atoms with Gasteiger partial charge in [0.2, 0.25) is 5.95 Å². The Balaban J connectivity index is 2.02. The average Bonchev–Trinajstić information content (AvgIpc) is 2.75. The average molecular weight is 218 g/mol. The summed E-state index contributed by atoms with van der Waals surface area (Å²) in [7, 11) is 0. The maximum absolute atomic E-state index is 5.47. The van der Waals surface area contributed by atoms with Crippen LogP contribution in [0, 0.1) is 0 Å². The first-order chi connectivity index (χ1) is 7.83. The monoisotopic (exact) mass is 218 g/mol. The summed E-state index contributed by atoms with van der Waals surface area (Å²) in [5.41, 5.74) is 6.31. The first kappa shape index (κ1) is 9.02. The molecule has 1 aromatic heterocycles. The number of hydrogen-bond donors (Lipinski definition) is 2. The summed E-state index contributed by atoms with van der Waals surface area (Å²) in [5.74, 6) is 2.32. The van der Waals surface area contributed by atoms with E-state index in [4.69, 9.17) is 15.2 Å². The topological polar surface area (TPSA) is 86.0 Å². The summed E-state index contributed by atoms with van der Waals surface area (Å²) in [6.07, 6.45) is 0. The summed E-state index contributed by atoms with van der Waals surface area (Å²) in [4.78, 5) is 4.04. The predicted octanol–water partition coefficient (Wildman–Crippen LogP) is 0.825. The summed E-state index contributed by atoms with van der Waals surface area (Å²) >= 11 is 0. The summed E-state index contributed by atoms with van der Waals surface area (Å²) in [6, 6.07) is 5.59. The van der Waals surface area contributed by atoms with Crippen LogP contribution in [0.5, 0.6) is 11.5 Å². The van der Waals surface area contributed by atoms with E-state index in [0.29, 0.717) is 19.0 Å². The van der Waals surface area contributed by atoms with Crippen molar-refractivity contribution in [3.05, 3.63) is 18.2 Å². The largest absolute Gasteiger partial charge is 0.486 e. The van der Waals surface area contributed by atoms with Crippen LogP contribution in [0.2, 0.25) is 0 Å². The molecule has 6 heteroatoms. The molecule has 16 heavy (non-hydrogen) atoms. The highest BCUT2D eigenvalue weighted by Gasteiger charge is 2.13. The quantitative estimate of drug-likeness (QED) is 0.740. The molecular formula is C10H10N4O2. The second-order valence-electron chi connectivity index (χ2n) is 3.40. The number of aromatic amines is 1. The van der Waals surface area contributed by atoms with Gasteiger partial charge in [-0.3, -0.25) is 5.10 Å². The van der Waals surface area contributed by atoms with Gasteiger partial charge in [0.15, 0.2) is 17.3 Å². The number of aromatic nitrogens is 3. The van der Waals surface area contributed by atoms with E-state index < -0.39 is 0 Å². The second-order valence-corrected chi connectivity index (χ2v) is 3.40. The number of H-pyrrole nitrogens is 1. The van der Waals surface area contributed by atoms with Gasteiger partial charge < -0.3 is 15.2 Å². The molecule has 0 fully saturated rings. The predicted molar refractivity (Wildman–Crippen MR) is 57.2 cm³/mol. The Kier molecular flexibility index (Phi) is 1.92. The Morgan fingerprint density at radius 1 is 1.19 bits per heavy atom. The summed E-state index contributed by atoms with van der Waals surface area (Å²) in [6.45, 7) is 1.15. The highest BCUT2D eigenvalue weighted by Crippen LogP contribution is 2.33. The number of nitrogens with two attached hydrogens (primary N) is 1. The van der Waals surface area contributed by atoms with Crippen LogP contribution in [0.3, 0.4) is 0 Å². The molecule has 1 aromatic carbocycles. The van der Waals surface area contributed by atoms with Gasteiger partial charge in [-0.05, 0) is 18.2 Å². The third kappa shape index (κ3) is 1.44. The van der Waals surface area contributed by atoms with Gasteiger partial charge in [-0.15, -0.1) is 5.10 Å². The van der Waals surface area contributed by atoms with Crippen LogP contribution in [0.4, 0.5) is 5.95 Å². The van der Waals surface area contributed by atoms with Crippen molar-refractivity contribution in [2.45, 2.75) is 0 Å². The normalized spacial score (nSPS) is 13.8. The molecule has 3 N–H and O–H groups in total. The number of fused-ring (bicyclic) bond motifs is 1. The van der Waals surface area contributed by atoms with Crippen molar-refractivity contribution in [2.75, 3.05) is 18.9 Å². The number of benzene rings is 1. The van der Waals surface area contributed by atoms with Crippen LogP contribution in [0.25, 0.3) is 11.4 Å². The second kappa shape index (κ2) is 3.41. The molecule has 0 bridgehead atoms. The van der Waals surface area contributed by atoms with E-state index in [0.717, 1.165) is 17.1 Å². The standard InChI is InChI=1S/C10H10N4O2/c11-10-12-9(13-14-10)6-1-2-7-8(5-6)16-4-3-15-7/h1-2,5H,3-4H2,(H3,11,12,13,14). The SMILES string of the molecule is Nc1n[nH]c(-c2ccc3c(c2)OCCO3)n1. The van der Waals surface area contributed by atoms with Gasteiger partial charge in [0, 0.05) is 5.56 Å². The van der Waals surface area contributed by atoms with E-state index in [9.17, 15) is 0 Å². The minimum Gasteiger partial charge on any atom is -0.486 e. The van der Waals surface area contributed by atoms with Crippen LogP contribution < -0.4 is 15.2 Å². The molecule has 0 saturated carbocycles. The van der Waals surface area contributed by atoms with Gasteiger partial charge >= 0.3 is 0 Å². The zero-order chi connectivity index (χ0) is 11.0. The molecule has 0 spiro atoms. The maximum atomic E-state index is 5.47. The van der Waals surface area contributed by atoms with Crippen molar-refractivity contribution in [2.24, 2.45) is 0 Å². The molecule has 2 aromatic rings. The third-order valence-electron chi connectivity index (χ3n) is 2.32. The van der Waals surface area contributed by atoms with Crippen molar-refractivity contribution in [3.63, 3.8) is 0 Å². The lowest BCUT2D eigenvalue weighted by Crippen LogP contribution is -2.15. The lowest BCUT2D eigenvalue weighted by molar-refractivity contribution is 0.171. The first-order valence-corrected chi connectivity index (χ1v) is 4.91. The molecule has 0 atom stereocenters. The molecule has 6 nitrogen and oxygen atoms in total. The molecule has 1 aliphatic rings. The molecule has 3 rings (SSSR count). The number of rotatable bonds is 1. The van der Waals surface area contributed by atoms with Crippen molar-refractivity contribution in [1.82, 2.24) is 15.2 Å². The lowest BCUT2D eigenvalue weighted by Gasteiger charge is -2.18. The van der Waals surface area contributed by atoms with Gasteiger partial charge in [-0.25, -0.2) is 0 Å². The fraction of sp³-hybridized carbons (Fsp3) is 0.200. The first-order valence-electron chi connectivity index (χ1n) is 4.91. The minimum absolute atomic E-state index is 0.227. The Morgan fingerprint density at radius 3 is 2.75 bits per heavy atom. The van der Waals surface area contributed by atoms with Crippen LogP contribution >= 0.6 is 0 Å². The molecule has 0 unspecified atom stereocenters. The van der Waals surface area contributed by atoms with Crippen LogP contribution in [-0.4, -0.2) is 28.4 Å². The molecule has 2 heterocycles. The number of nitrogens with zero attached hydrogens (tertiary/aromatic N) is 2. The lowest BCUT2D eigenvalue weighted by atomic mass is 10.2. The van der Waals surface area contributed by atoms with E-state index in [1.807, 2.05) is 18.2 Å². The number of anilines is 1. The Labute approximate surface area is 91.4 Å². The van der Waals surface area contributed by atoms with Gasteiger partial charge in [0.05, 0.1) is 0 Å².